The Hall–Kier alpha value is -3.49. The van der Waals surface area contributed by atoms with E-state index in [1.807, 2.05) is 0 Å². The lowest BCUT2D eigenvalue weighted by atomic mass is 9.72. The van der Waals surface area contributed by atoms with Crippen LogP contribution in [-0.2, 0) is 14.4 Å². The molecule has 12 heteroatoms. The molecule has 216 valence electrons. The van der Waals surface area contributed by atoms with E-state index in [4.69, 9.17) is 4.74 Å². The van der Waals surface area contributed by atoms with Crippen LogP contribution in [0.4, 0.5) is 13.2 Å². The number of alkyl halides is 3. The first-order chi connectivity index (χ1) is 19.0. The Morgan fingerprint density at radius 1 is 1.10 bits per heavy atom. The van der Waals surface area contributed by atoms with Gasteiger partial charge in [-0.2, -0.15) is 5.26 Å². The first-order valence-electron chi connectivity index (χ1n) is 13.8. The molecule has 9 nitrogen and oxygen atoms in total. The third-order valence-corrected chi connectivity index (χ3v) is 8.71. The highest BCUT2D eigenvalue weighted by molar-refractivity contribution is 5.89. The molecule has 1 unspecified atom stereocenters. The number of nitrogens with one attached hydrogen (secondary N) is 2. The summed E-state index contributed by atoms with van der Waals surface area (Å²) in [4.78, 5) is 40.7. The molecule has 2 aliphatic carbocycles. The normalized spacial score (nSPS) is 25.2. The quantitative estimate of drug-likeness (QED) is 0.500. The van der Waals surface area contributed by atoms with Crippen LogP contribution in [0.1, 0.15) is 64.2 Å². The summed E-state index contributed by atoms with van der Waals surface area (Å²) < 4.78 is 46.6. The predicted octanol–water partition coefficient (Wildman–Crippen LogP) is 3.58. The van der Waals surface area contributed by atoms with Crippen molar-refractivity contribution in [1.82, 2.24) is 15.5 Å². The van der Waals surface area contributed by atoms with E-state index in [0.29, 0.717) is 19.4 Å². The Bertz CT molecular complexity index is 1170. The summed E-state index contributed by atoms with van der Waals surface area (Å²) in [5.41, 5.74) is -0.308. The van der Waals surface area contributed by atoms with Crippen molar-refractivity contribution >= 4 is 17.7 Å². The summed E-state index contributed by atoms with van der Waals surface area (Å²) in [7, 11) is 0. The minimum atomic E-state index is -4.81. The monoisotopic (exact) mass is 562 g/mol. The fourth-order valence-corrected chi connectivity index (χ4v) is 6.53. The predicted molar refractivity (Wildman–Crippen MR) is 135 cm³/mol. The van der Waals surface area contributed by atoms with E-state index < -0.39 is 42.6 Å². The number of nitriles is 1. The van der Waals surface area contributed by atoms with Crippen LogP contribution in [0.25, 0.3) is 0 Å². The molecule has 0 aromatic heterocycles. The SMILES string of the molecule is N#C[C@H](C[C@@H]1CC2(CC2)NC1=O)NC(=O)C1CC2(CCCCC2)CN1C(=O)COc1ccc(OC(F)(F)F)cc1. The molecule has 4 aliphatic rings. The average Bonchev–Trinajstić information content (AvgIpc) is 3.45. The van der Waals surface area contributed by atoms with Crippen LogP contribution in [0.2, 0.25) is 0 Å². The van der Waals surface area contributed by atoms with Crippen molar-refractivity contribution < 1.29 is 37.0 Å². The molecule has 40 heavy (non-hydrogen) atoms. The zero-order valence-electron chi connectivity index (χ0n) is 22.1. The largest absolute Gasteiger partial charge is 0.573 e. The Labute approximate surface area is 230 Å². The van der Waals surface area contributed by atoms with Gasteiger partial charge in [-0.15, -0.1) is 13.2 Å². The number of likely N-dealkylation sites (tertiary alicyclic amines) is 1. The smallest absolute Gasteiger partial charge is 0.484 e. The molecule has 2 saturated carbocycles. The van der Waals surface area contributed by atoms with Gasteiger partial charge in [-0.1, -0.05) is 19.3 Å². The Morgan fingerprint density at radius 2 is 1.77 bits per heavy atom. The van der Waals surface area contributed by atoms with Crippen molar-refractivity contribution in [1.29, 1.82) is 5.26 Å². The number of hydrogen-bond donors (Lipinski definition) is 2. The van der Waals surface area contributed by atoms with E-state index in [-0.39, 0.29) is 34.9 Å². The van der Waals surface area contributed by atoms with Gasteiger partial charge in [0.1, 0.15) is 23.6 Å². The van der Waals surface area contributed by atoms with Gasteiger partial charge in [0.15, 0.2) is 6.61 Å². The minimum Gasteiger partial charge on any atom is -0.484 e. The van der Waals surface area contributed by atoms with Crippen LogP contribution in [-0.4, -0.2) is 59.8 Å². The maximum absolute atomic E-state index is 13.5. The number of rotatable bonds is 8. The Morgan fingerprint density at radius 3 is 2.38 bits per heavy atom. The summed E-state index contributed by atoms with van der Waals surface area (Å²) in [6.45, 7) is 0.00174. The van der Waals surface area contributed by atoms with Crippen molar-refractivity contribution in [3.8, 4) is 17.6 Å². The molecule has 2 heterocycles. The van der Waals surface area contributed by atoms with Gasteiger partial charge in [-0.05, 0) is 74.6 Å². The molecule has 5 rings (SSSR count). The summed E-state index contributed by atoms with van der Waals surface area (Å²) in [5, 5.41) is 15.5. The highest BCUT2D eigenvalue weighted by Crippen LogP contribution is 2.47. The summed E-state index contributed by atoms with van der Waals surface area (Å²) in [6.07, 6.45) is 3.35. The number of carbonyl (C=O) groups is 3. The molecule has 1 aromatic carbocycles. The highest BCUT2D eigenvalue weighted by atomic mass is 19.4. The van der Waals surface area contributed by atoms with Gasteiger partial charge in [-0.3, -0.25) is 14.4 Å². The fourth-order valence-electron chi connectivity index (χ4n) is 6.53. The lowest BCUT2D eigenvalue weighted by Gasteiger charge is -2.33. The van der Waals surface area contributed by atoms with Gasteiger partial charge in [0.2, 0.25) is 11.8 Å². The maximum Gasteiger partial charge on any atom is 0.573 e. The van der Waals surface area contributed by atoms with E-state index >= 15 is 0 Å². The van der Waals surface area contributed by atoms with Crippen LogP contribution in [0.3, 0.4) is 0 Å². The molecule has 2 N–H and O–H groups in total. The topological polar surface area (TPSA) is 121 Å². The second-order valence-corrected chi connectivity index (χ2v) is 11.7. The van der Waals surface area contributed by atoms with Gasteiger partial charge in [0.25, 0.3) is 5.91 Å². The molecule has 2 aliphatic heterocycles. The van der Waals surface area contributed by atoms with Crippen molar-refractivity contribution in [3.63, 3.8) is 0 Å². The van der Waals surface area contributed by atoms with Crippen LogP contribution in [0, 0.1) is 22.7 Å². The molecule has 0 bridgehead atoms. The van der Waals surface area contributed by atoms with Crippen molar-refractivity contribution in [2.24, 2.45) is 11.3 Å². The molecule has 1 aromatic rings. The standard InChI is InChI=1S/C28H33F3N4O5/c29-28(30,31)40-21-6-4-20(5-7-21)39-16-23(36)35-17-26(8-2-1-3-9-26)14-22(35)25(38)33-19(15-32)12-18-13-27(10-11-27)34-24(18)37/h4-7,18-19,22H,1-3,8-14,16-17H2,(H,33,38)(H,34,37)/t18-,19+,22?/m1/s1. The Balaban J connectivity index is 1.22. The van der Waals surface area contributed by atoms with E-state index in [2.05, 4.69) is 21.4 Å². The van der Waals surface area contributed by atoms with Crippen molar-refractivity contribution in [2.75, 3.05) is 13.2 Å². The number of amides is 3. The van der Waals surface area contributed by atoms with Crippen molar-refractivity contribution in [3.05, 3.63) is 24.3 Å². The van der Waals surface area contributed by atoms with Gasteiger partial charge in [0.05, 0.1) is 6.07 Å². The zero-order chi connectivity index (χ0) is 28.5. The molecule has 3 amide bonds. The van der Waals surface area contributed by atoms with Gasteiger partial charge in [0, 0.05) is 18.0 Å². The third-order valence-electron chi connectivity index (χ3n) is 8.71. The summed E-state index contributed by atoms with van der Waals surface area (Å²) in [6, 6.07) is 5.20. The minimum absolute atomic E-state index is 0.0824. The molecule has 0 radical (unpaired) electrons. The number of hydrogen-bond acceptors (Lipinski definition) is 6. The van der Waals surface area contributed by atoms with Gasteiger partial charge < -0.3 is 25.0 Å². The molecule has 4 fully saturated rings. The highest BCUT2D eigenvalue weighted by Gasteiger charge is 2.53. The van der Waals surface area contributed by atoms with Crippen molar-refractivity contribution in [2.45, 2.75) is 88.2 Å². The molecule has 3 atom stereocenters. The van der Waals surface area contributed by atoms with Crippen LogP contribution in [0.5, 0.6) is 11.5 Å². The number of carbonyl (C=O) groups excluding carboxylic acids is 3. The van der Waals surface area contributed by atoms with Crippen LogP contribution < -0.4 is 20.1 Å². The molecular formula is C28H33F3N4O5. The zero-order valence-corrected chi connectivity index (χ0v) is 22.1. The maximum atomic E-state index is 13.5. The van der Waals surface area contributed by atoms with E-state index in [9.17, 15) is 32.8 Å². The summed E-state index contributed by atoms with van der Waals surface area (Å²) in [5.74, 6) is -1.48. The first kappa shape index (κ1) is 28.1. The summed E-state index contributed by atoms with van der Waals surface area (Å²) >= 11 is 0. The van der Waals surface area contributed by atoms with Crippen LogP contribution in [0.15, 0.2) is 24.3 Å². The molecule has 2 saturated heterocycles. The van der Waals surface area contributed by atoms with Gasteiger partial charge >= 0.3 is 6.36 Å². The molecular weight excluding hydrogens is 529 g/mol. The Kier molecular flexibility index (Phi) is 7.59. The van der Waals surface area contributed by atoms with E-state index in [0.717, 1.165) is 57.1 Å². The number of benzene rings is 1. The molecule has 2 spiro atoms. The lowest BCUT2D eigenvalue weighted by Crippen LogP contribution is -2.50. The second kappa shape index (κ2) is 10.8. The number of ether oxygens (including phenoxy) is 2. The first-order valence-corrected chi connectivity index (χ1v) is 13.8. The fraction of sp³-hybridized carbons (Fsp3) is 0.643. The average molecular weight is 563 g/mol. The van der Waals surface area contributed by atoms with Crippen LogP contribution >= 0.6 is 0 Å². The third kappa shape index (κ3) is 6.45. The number of halogens is 3. The van der Waals surface area contributed by atoms with E-state index in [1.165, 1.54) is 17.0 Å². The number of nitrogens with zero attached hydrogens (tertiary/aromatic N) is 2. The van der Waals surface area contributed by atoms with Gasteiger partial charge in [-0.25, -0.2) is 0 Å². The second-order valence-electron chi connectivity index (χ2n) is 11.7. The lowest BCUT2D eigenvalue weighted by molar-refractivity contribution is -0.274. The van der Waals surface area contributed by atoms with E-state index in [1.54, 1.807) is 0 Å².